The van der Waals surface area contributed by atoms with Crippen LogP contribution >= 0.6 is 11.3 Å². The second-order valence-corrected chi connectivity index (χ2v) is 8.34. The van der Waals surface area contributed by atoms with Crippen LogP contribution in [0.1, 0.15) is 20.8 Å². The molecular formula is C24H31N5O5S. The van der Waals surface area contributed by atoms with Gasteiger partial charge in [-0.15, -0.1) is 11.3 Å². The molecule has 2 aromatic rings. The van der Waals surface area contributed by atoms with Gasteiger partial charge in [0.05, 0.1) is 19.8 Å². The van der Waals surface area contributed by atoms with Crippen LogP contribution in [0.3, 0.4) is 0 Å². The van der Waals surface area contributed by atoms with Crippen molar-refractivity contribution in [3.63, 3.8) is 0 Å². The number of amides is 1. The van der Waals surface area contributed by atoms with E-state index in [4.69, 9.17) is 9.47 Å². The van der Waals surface area contributed by atoms with E-state index in [0.29, 0.717) is 35.6 Å². The van der Waals surface area contributed by atoms with Gasteiger partial charge >= 0.3 is 5.97 Å². The highest BCUT2D eigenvalue weighted by Crippen LogP contribution is 2.15. The number of esters is 1. The lowest BCUT2D eigenvalue weighted by molar-refractivity contribution is -0.136. The SMILES string of the molecule is CCOC(=O)C(C#N)=c1sc(=CNc2cccc(NC(=O)CN(CC)CCOC)c2)c(=O)n1CC. The number of nitrogens with one attached hydrogen (secondary N) is 2. The fourth-order valence-corrected chi connectivity index (χ4v) is 4.26. The molecule has 0 unspecified atom stereocenters. The van der Waals surface area contributed by atoms with Crippen LogP contribution in [-0.4, -0.2) is 61.3 Å². The summed E-state index contributed by atoms with van der Waals surface area (Å²) in [5.74, 6) is -0.901. The first-order chi connectivity index (χ1) is 16.9. The second kappa shape index (κ2) is 14.1. The van der Waals surface area contributed by atoms with Gasteiger partial charge in [-0.2, -0.15) is 5.26 Å². The number of rotatable bonds is 12. The van der Waals surface area contributed by atoms with E-state index in [9.17, 15) is 19.6 Å². The molecule has 2 N–H and O–H groups in total. The molecular weight excluding hydrogens is 470 g/mol. The standard InChI is InChI=1S/C24H31N5O5S/c1-5-28(11-12-33-4)16-21(30)27-18-10-8-9-17(13-18)26-15-20-22(31)29(6-2)23(35-20)19(14-25)24(32)34-7-3/h8-10,13,15,26H,5-7,11-12,16H2,1-4H3,(H,27,30). The first kappa shape index (κ1) is 27.8. The highest BCUT2D eigenvalue weighted by atomic mass is 32.1. The Labute approximate surface area is 208 Å². The monoisotopic (exact) mass is 501 g/mol. The molecule has 188 valence electrons. The Bertz CT molecular complexity index is 1240. The van der Waals surface area contributed by atoms with Crippen LogP contribution in [0.5, 0.6) is 0 Å². The van der Waals surface area contributed by atoms with Crippen LogP contribution < -0.4 is 25.4 Å². The quantitative estimate of drug-likeness (QED) is 0.412. The molecule has 0 aliphatic heterocycles. The highest BCUT2D eigenvalue weighted by molar-refractivity contribution is 7.07. The van der Waals surface area contributed by atoms with Gasteiger partial charge in [0.25, 0.3) is 5.56 Å². The third kappa shape index (κ3) is 7.78. The minimum atomic E-state index is -0.759. The number of thiazole rings is 1. The lowest BCUT2D eigenvalue weighted by Gasteiger charge is -2.19. The molecule has 1 heterocycles. The number of hydrogen-bond donors (Lipinski definition) is 2. The number of hydrogen-bond acceptors (Lipinski definition) is 9. The van der Waals surface area contributed by atoms with Gasteiger partial charge < -0.3 is 20.1 Å². The molecule has 0 fully saturated rings. The molecule has 0 aliphatic rings. The van der Waals surface area contributed by atoms with Crippen molar-refractivity contribution >= 4 is 46.4 Å². The van der Waals surface area contributed by atoms with Gasteiger partial charge in [0, 0.05) is 37.8 Å². The Kier molecular flexibility index (Phi) is 11.2. The predicted octanol–water partition coefficient (Wildman–Crippen LogP) is 0.924. The molecule has 10 nitrogen and oxygen atoms in total. The van der Waals surface area contributed by atoms with Gasteiger partial charge in [0.1, 0.15) is 15.3 Å². The van der Waals surface area contributed by atoms with Crippen molar-refractivity contribution in [1.82, 2.24) is 9.47 Å². The van der Waals surface area contributed by atoms with Crippen LogP contribution in [-0.2, 0) is 25.6 Å². The topological polar surface area (TPSA) is 126 Å². The maximum Gasteiger partial charge on any atom is 0.351 e. The van der Waals surface area contributed by atoms with Gasteiger partial charge in [0.15, 0.2) is 5.57 Å². The van der Waals surface area contributed by atoms with E-state index in [1.807, 2.05) is 17.9 Å². The number of aromatic nitrogens is 1. The molecule has 1 aromatic carbocycles. The van der Waals surface area contributed by atoms with Crippen LogP contribution in [0.4, 0.5) is 11.4 Å². The first-order valence-electron chi connectivity index (χ1n) is 11.3. The third-order valence-electron chi connectivity index (χ3n) is 4.97. The number of carbonyl (C=O) groups is 2. The number of nitriles is 1. The van der Waals surface area contributed by atoms with Gasteiger partial charge in [-0.1, -0.05) is 13.0 Å². The summed E-state index contributed by atoms with van der Waals surface area (Å²) in [6.07, 6.45) is 1.52. The minimum absolute atomic E-state index is 0.128. The van der Waals surface area contributed by atoms with E-state index in [-0.39, 0.29) is 34.9 Å². The zero-order valence-corrected chi connectivity index (χ0v) is 21.2. The van der Waals surface area contributed by atoms with Crippen LogP contribution in [0.15, 0.2) is 29.1 Å². The summed E-state index contributed by atoms with van der Waals surface area (Å²) in [6, 6.07) is 8.95. The fraction of sp³-hybridized carbons (Fsp3) is 0.417. The molecule has 0 bridgehead atoms. The number of anilines is 2. The number of carbonyl (C=O) groups excluding carboxylic acids is 2. The van der Waals surface area contributed by atoms with E-state index in [0.717, 1.165) is 17.9 Å². The molecule has 1 aromatic heterocycles. The zero-order chi connectivity index (χ0) is 25.8. The maximum absolute atomic E-state index is 12.8. The molecule has 0 radical (unpaired) electrons. The van der Waals surface area contributed by atoms with E-state index in [1.165, 1.54) is 10.8 Å². The minimum Gasteiger partial charge on any atom is -0.462 e. The summed E-state index contributed by atoms with van der Waals surface area (Å²) in [6.45, 7) is 8.00. The average Bonchev–Trinajstić information content (AvgIpc) is 3.16. The number of likely N-dealkylation sites (N-methyl/N-ethyl adjacent to an activating group) is 1. The van der Waals surface area contributed by atoms with Gasteiger partial charge in [-0.05, 0) is 38.6 Å². The second-order valence-electron chi connectivity index (χ2n) is 7.31. The number of methoxy groups -OCH3 is 1. The molecule has 1 amide bonds. The Hall–Kier alpha value is -3.46. The summed E-state index contributed by atoms with van der Waals surface area (Å²) in [4.78, 5) is 39.4. The van der Waals surface area contributed by atoms with Crippen molar-refractivity contribution in [1.29, 1.82) is 5.26 Å². The molecule has 0 saturated heterocycles. The van der Waals surface area contributed by atoms with Crippen LogP contribution in [0.2, 0.25) is 0 Å². The summed E-state index contributed by atoms with van der Waals surface area (Å²) in [5.41, 5.74) is 0.738. The molecule has 35 heavy (non-hydrogen) atoms. The van der Waals surface area contributed by atoms with Crippen molar-refractivity contribution in [2.24, 2.45) is 0 Å². The Balaban J connectivity index is 2.25. The van der Waals surface area contributed by atoms with Crippen molar-refractivity contribution in [2.45, 2.75) is 27.3 Å². The molecule has 0 atom stereocenters. The predicted molar refractivity (Wildman–Crippen MR) is 136 cm³/mol. The van der Waals surface area contributed by atoms with E-state index < -0.39 is 5.97 Å². The van der Waals surface area contributed by atoms with Crippen LogP contribution in [0, 0.1) is 11.3 Å². The van der Waals surface area contributed by atoms with Gasteiger partial charge in [-0.3, -0.25) is 19.1 Å². The molecule has 0 saturated carbocycles. The number of ether oxygens (including phenoxy) is 2. The van der Waals surface area contributed by atoms with Crippen molar-refractivity contribution in [3.05, 3.63) is 43.8 Å². The molecule has 2 rings (SSSR count). The molecule has 0 aliphatic carbocycles. The molecule has 11 heteroatoms. The van der Waals surface area contributed by atoms with Gasteiger partial charge in [-0.25, -0.2) is 4.79 Å². The summed E-state index contributed by atoms with van der Waals surface area (Å²) < 4.78 is 12.0. The van der Waals surface area contributed by atoms with E-state index in [1.54, 1.807) is 45.2 Å². The van der Waals surface area contributed by atoms with Crippen molar-refractivity contribution < 1.29 is 19.1 Å². The Morgan fingerprint density at radius 2 is 2.00 bits per heavy atom. The van der Waals surface area contributed by atoms with Crippen LogP contribution in [0.25, 0.3) is 11.8 Å². The molecule has 0 spiro atoms. The largest absolute Gasteiger partial charge is 0.462 e. The van der Waals surface area contributed by atoms with E-state index in [2.05, 4.69) is 10.6 Å². The van der Waals surface area contributed by atoms with E-state index >= 15 is 0 Å². The zero-order valence-electron chi connectivity index (χ0n) is 20.4. The average molecular weight is 502 g/mol. The Morgan fingerprint density at radius 1 is 1.26 bits per heavy atom. The maximum atomic E-state index is 12.8. The highest BCUT2D eigenvalue weighted by Gasteiger charge is 2.16. The lowest BCUT2D eigenvalue weighted by Crippen LogP contribution is -2.35. The normalized spacial score (nSPS) is 12.3. The van der Waals surface area contributed by atoms with Gasteiger partial charge in [0.2, 0.25) is 5.91 Å². The lowest BCUT2D eigenvalue weighted by atomic mass is 10.2. The van der Waals surface area contributed by atoms with Crippen molar-refractivity contribution in [3.8, 4) is 6.07 Å². The van der Waals surface area contributed by atoms with Crippen molar-refractivity contribution in [2.75, 3.05) is 50.6 Å². The summed E-state index contributed by atoms with van der Waals surface area (Å²) >= 11 is 1.03. The smallest absolute Gasteiger partial charge is 0.351 e. The number of benzene rings is 1. The summed E-state index contributed by atoms with van der Waals surface area (Å²) in [5, 5.41) is 15.4. The number of nitrogens with zero attached hydrogens (tertiary/aromatic N) is 3. The fourth-order valence-electron chi connectivity index (χ4n) is 3.19. The third-order valence-corrected chi connectivity index (χ3v) is 6.10. The first-order valence-corrected chi connectivity index (χ1v) is 12.1. The Morgan fingerprint density at radius 3 is 2.63 bits per heavy atom. The summed E-state index contributed by atoms with van der Waals surface area (Å²) in [7, 11) is 1.62.